The Morgan fingerprint density at radius 3 is 2.67 bits per heavy atom. The molecule has 1 aromatic rings. The molecule has 3 heteroatoms. The van der Waals surface area contributed by atoms with E-state index in [9.17, 15) is 5.11 Å². The molecule has 0 amide bonds. The van der Waals surface area contributed by atoms with Gasteiger partial charge in [0.15, 0.2) is 0 Å². The molecule has 0 aliphatic carbocycles. The molecule has 0 saturated heterocycles. The fraction of sp³-hybridized carbons (Fsp3) is 0.600. The van der Waals surface area contributed by atoms with E-state index in [0.29, 0.717) is 0 Å². The third-order valence-corrected chi connectivity index (χ3v) is 3.39. The number of nitrogens with one attached hydrogen (secondary N) is 1. The highest BCUT2D eigenvalue weighted by atomic mass is 16.3. The lowest BCUT2D eigenvalue weighted by atomic mass is 9.98. The molecule has 1 atom stereocenters. The molecule has 1 rings (SSSR count). The molecule has 3 nitrogen and oxygen atoms in total. The highest BCUT2D eigenvalue weighted by Crippen LogP contribution is 2.17. The zero-order valence-electron chi connectivity index (χ0n) is 12.0. The van der Waals surface area contributed by atoms with Crippen LogP contribution in [0.4, 0.5) is 5.69 Å². The van der Waals surface area contributed by atoms with Gasteiger partial charge < -0.3 is 15.3 Å². The summed E-state index contributed by atoms with van der Waals surface area (Å²) in [5.74, 6) is 0. The van der Waals surface area contributed by atoms with Crippen molar-refractivity contribution in [1.82, 2.24) is 5.32 Å². The molecule has 2 N–H and O–H groups in total. The summed E-state index contributed by atoms with van der Waals surface area (Å²) in [6, 6.07) is 8.49. The minimum absolute atomic E-state index is 0.169. The molecule has 0 fully saturated rings. The highest BCUT2D eigenvalue weighted by molar-refractivity contribution is 5.47. The van der Waals surface area contributed by atoms with Crippen molar-refractivity contribution in [3.8, 4) is 0 Å². The van der Waals surface area contributed by atoms with Gasteiger partial charge in [-0.15, -0.1) is 0 Å². The summed E-state index contributed by atoms with van der Waals surface area (Å²) in [7, 11) is 2.10. The van der Waals surface area contributed by atoms with Gasteiger partial charge in [-0.05, 0) is 44.5 Å². The van der Waals surface area contributed by atoms with Gasteiger partial charge in [0.2, 0.25) is 0 Å². The highest BCUT2D eigenvalue weighted by Gasteiger charge is 2.22. The smallest absolute Gasteiger partial charge is 0.0611 e. The summed E-state index contributed by atoms with van der Waals surface area (Å²) in [6.07, 6.45) is 0.918. The molecule has 1 aromatic carbocycles. The molecule has 0 bridgehead atoms. The van der Waals surface area contributed by atoms with Gasteiger partial charge >= 0.3 is 0 Å². The zero-order chi connectivity index (χ0) is 13.6. The van der Waals surface area contributed by atoms with Crippen molar-refractivity contribution in [2.24, 2.45) is 0 Å². The van der Waals surface area contributed by atoms with Crippen LogP contribution in [0, 0.1) is 6.92 Å². The first-order chi connectivity index (χ1) is 8.50. The van der Waals surface area contributed by atoms with E-state index >= 15 is 0 Å². The topological polar surface area (TPSA) is 35.5 Å². The van der Waals surface area contributed by atoms with Crippen LogP contribution < -0.4 is 10.2 Å². The van der Waals surface area contributed by atoms with Crippen molar-refractivity contribution >= 4 is 5.69 Å². The minimum atomic E-state index is -0.188. The van der Waals surface area contributed by atoms with Gasteiger partial charge in [-0.2, -0.15) is 0 Å². The van der Waals surface area contributed by atoms with Gasteiger partial charge in [-0.25, -0.2) is 0 Å². The Labute approximate surface area is 111 Å². The molecule has 0 saturated carbocycles. The first-order valence-electron chi connectivity index (χ1n) is 6.64. The largest absolute Gasteiger partial charge is 0.394 e. The Morgan fingerprint density at radius 2 is 2.11 bits per heavy atom. The Hall–Kier alpha value is -1.06. The summed E-state index contributed by atoms with van der Waals surface area (Å²) in [6.45, 7) is 8.22. The van der Waals surface area contributed by atoms with E-state index in [1.165, 1.54) is 11.3 Å². The normalized spacial score (nSPS) is 14.3. The average molecular weight is 250 g/mol. The SMILES string of the molecule is CCNC(C)(CO)CCN(C)c1cccc(C)c1. The Balaban J connectivity index is 2.57. The number of nitrogens with zero attached hydrogens (tertiary/aromatic N) is 1. The van der Waals surface area contributed by atoms with Crippen molar-refractivity contribution < 1.29 is 5.11 Å². The Morgan fingerprint density at radius 1 is 1.39 bits per heavy atom. The van der Waals surface area contributed by atoms with Crippen LogP contribution in [0.3, 0.4) is 0 Å². The monoisotopic (exact) mass is 250 g/mol. The van der Waals surface area contributed by atoms with Gasteiger partial charge in [0.05, 0.1) is 6.61 Å². The second-order valence-corrected chi connectivity index (χ2v) is 5.26. The van der Waals surface area contributed by atoms with Crippen LogP contribution in [0.5, 0.6) is 0 Å². The molecule has 18 heavy (non-hydrogen) atoms. The van der Waals surface area contributed by atoms with Crippen LogP contribution in [0.25, 0.3) is 0 Å². The molecule has 0 heterocycles. The molecule has 1 unspecified atom stereocenters. The van der Waals surface area contributed by atoms with Gasteiger partial charge in [0.25, 0.3) is 0 Å². The zero-order valence-corrected chi connectivity index (χ0v) is 12.0. The number of rotatable bonds is 7. The van der Waals surface area contributed by atoms with Gasteiger partial charge in [0.1, 0.15) is 0 Å². The van der Waals surface area contributed by atoms with Crippen LogP contribution in [-0.4, -0.2) is 37.4 Å². The van der Waals surface area contributed by atoms with Crippen LogP contribution >= 0.6 is 0 Å². The second kappa shape index (κ2) is 6.76. The fourth-order valence-corrected chi connectivity index (χ4v) is 2.06. The minimum Gasteiger partial charge on any atom is -0.394 e. The van der Waals surface area contributed by atoms with Crippen LogP contribution in [-0.2, 0) is 0 Å². The lowest BCUT2D eigenvalue weighted by Crippen LogP contribution is -2.47. The molecular weight excluding hydrogens is 224 g/mol. The molecule has 0 aliphatic heterocycles. The summed E-state index contributed by atoms with van der Waals surface area (Å²) in [5, 5.41) is 12.8. The van der Waals surface area contributed by atoms with Gasteiger partial charge in [-0.1, -0.05) is 19.1 Å². The molecule has 0 aromatic heterocycles. The van der Waals surface area contributed by atoms with E-state index < -0.39 is 0 Å². The van der Waals surface area contributed by atoms with E-state index in [-0.39, 0.29) is 12.1 Å². The molecule has 0 radical (unpaired) electrons. The van der Waals surface area contributed by atoms with Crippen LogP contribution in [0.1, 0.15) is 25.8 Å². The number of hydrogen-bond donors (Lipinski definition) is 2. The van der Waals surface area contributed by atoms with Crippen molar-refractivity contribution in [1.29, 1.82) is 0 Å². The number of benzene rings is 1. The maximum atomic E-state index is 9.46. The van der Waals surface area contributed by atoms with Gasteiger partial charge in [0, 0.05) is 24.8 Å². The Kier molecular flexibility index (Phi) is 5.63. The number of aliphatic hydroxyl groups excluding tert-OH is 1. The average Bonchev–Trinajstić information content (AvgIpc) is 2.36. The van der Waals surface area contributed by atoms with E-state index in [1.54, 1.807) is 0 Å². The van der Waals surface area contributed by atoms with E-state index in [4.69, 9.17) is 0 Å². The molecular formula is C15H26N2O. The van der Waals surface area contributed by atoms with E-state index in [0.717, 1.165) is 19.5 Å². The summed E-state index contributed by atoms with van der Waals surface area (Å²) < 4.78 is 0. The number of hydrogen-bond acceptors (Lipinski definition) is 3. The lowest BCUT2D eigenvalue weighted by molar-refractivity contribution is 0.169. The third kappa shape index (κ3) is 4.31. The summed E-state index contributed by atoms with van der Waals surface area (Å²) >= 11 is 0. The first kappa shape index (κ1) is 15.0. The maximum Gasteiger partial charge on any atom is 0.0611 e. The quantitative estimate of drug-likeness (QED) is 0.778. The van der Waals surface area contributed by atoms with Crippen molar-refractivity contribution in [3.05, 3.63) is 29.8 Å². The number of aliphatic hydroxyl groups is 1. The van der Waals surface area contributed by atoms with Crippen LogP contribution in [0.15, 0.2) is 24.3 Å². The van der Waals surface area contributed by atoms with Gasteiger partial charge in [-0.3, -0.25) is 0 Å². The fourth-order valence-electron chi connectivity index (χ4n) is 2.06. The molecule has 102 valence electrons. The van der Waals surface area contributed by atoms with Crippen molar-refractivity contribution in [2.75, 3.05) is 31.6 Å². The number of aryl methyl sites for hydroxylation is 1. The molecule has 0 spiro atoms. The lowest BCUT2D eigenvalue weighted by Gasteiger charge is -2.31. The predicted molar refractivity (Wildman–Crippen MR) is 78.2 cm³/mol. The van der Waals surface area contributed by atoms with E-state index in [2.05, 4.69) is 62.3 Å². The Bertz CT molecular complexity index is 367. The standard InChI is InChI=1S/C15H26N2O/c1-5-16-15(3,12-18)9-10-17(4)14-8-6-7-13(2)11-14/h6-8,11,16,18H,5,9-10,12H2,1-4H3. The van der Waals surface area contributed by atoms with E-state index in [1.807, 2.05) is 0 Å². The number of anilines is 1. The second-order valence-electron chi connectivity index (χ2n) is 5.26. The van der Waals surface area contributed by atoms with Crippen LogP contribution in [0.2, 0.25) is 0 Å². The third-order valence-electron chi connectivity index (χ3n) is 3.39. The summed E-state index contributed by atoms with van der Waals surface area (Å²) in [5.41, 5.74) is 2.31. The molecule has 0 aliphatic rings. The maximum absolute atomic E-state index is 9.46. The summed E-state index contributed by atoms with van der Waals surface area (Å²) in [4.78, 5) is 2.23. The van der Waals surface area contributed by atoms with Crippen molar-refractivity contribution in [2.45, 2.75) is 32.7 Å². The predicted octanol–water partition coefficient (Wildman–Crippen LogP) is 2.18. The first-order valence-corrected chi connectivity index (χ1v) is 6.64. The van der Waals surface area contributed by atoms with Crippen molar-refractivity contribution in [3.63, 3.8) is 0 Å². The number of likely N-dealkylation sites (N-methyl/N-ethyl adjacent to an activating group) is 1.